The third-order valence-corrected chi connectivity index (χ3v) is 13.4. The van der Waals surface area contributed by atoms with Gasteiger partial charge in [-0.3, -0.25) is 9.59 Å². The van der Waals surface area contributed by atoms with Crippen molar-refractivity contribution in [2.24, 2.45) is 45.8 Å². The molecule has 2 aliphatic heterocycles. The van der Waals surface area contributed by atoms with E-state index in [2.05, 4.69) is 13.0 Å². The topological polar surface area (TPSA) is 175 Å². The number of aldehydes is 1. The first kappa shape index (κ1) is 36.4. The minimum absolute atomic E-state index is 0.0214. The largest absolute Gasteiger partial charge is 0.481 e. The summed E-state index contributed by atoms with van der Waals surface area (Å²) in [7, 11) is 1.42. The van der Waals surface area contributed by atoms with E-state index in [1.165, 1.54) is 7.11 Å². The summed E-state index contributed by atoms with van der Waals surface area (Å²) in [6.45, 7) is 7.82. The Bertz CT molecular complexity index is 1350. The molecule has 1 spiro atoms. The number of ether oxygens (including phenoxy) is 5. The number of methoxy groups -OCH3 is 1. The molecule has 13 atom stereocenters. The maximum atomic E-state index is 13.8. The molecule has 0 aromatic rings. The van der Waals surface area contributed by atoms with Crippen LogP contribution < -0.4 is 0 Å². The van der Waals surface area contributed by atoms with Crippen molar-refractivity contribution in [2.75, 3.05) is 13.7 Å². The minimum atomic E-state index is -1.90. The Labute approximate surface area is 288 Å². The van der Waals surface area contributed by atoms with E-state index >= 15 is 0 Å². The van der Waals surface area contributed by atoms with Gasteiger partial charge in [0.15, 0.2) is 24.6 Å². The first-order chi connectivity index (χ1) is 23.3. The average molecular weight is 691 g/mol. The fourth-order valence-corrected chi connectivity index (χ4v) is 11.5. The molecule has 12 nitrogen and oxygen atoms in total. The molecular weight excluding hydrogens is 636 g/mol. The number of fused-ring (bicyclic) bond motifs is 2. The number of aliphatic hydroxyl groups excluding tert-OH is 1. The van der Waals surface area contributed by atoms with Gasteiger partial charge in [0.1, 0.15) is 11.7 Å². The molecule has 2 saturated heterocycles. The summed E-state index contributed by atoms with van der Waals surface area (Å²) < 4.78 is 30.5. The van der Waals surface area contributed by atoms with Gasteiger partial charge in [-0.1, -0.05) is 64.5 Å². The second kappa shape index (κ2) is 13.3. The molecule has 274 valence electrons. The van der Waals surface area contributed by atoms with E-state index in [-0.39, 0.29) is 36.7 Å². The van der Waals surface area contributed by atoms with Gasteiger partial charge in [-0.15, -0.1) is 0 Å². The lowest BCUT2D eigenvalue weighted by atomic mass is 9.43. The number of hydrogen-bond donors (Lipinski definition) is 3. The van der Waals surface area contributed by atoms with E-state index in [1.807, 2.05) is 13.8 Å². The van der Waals surface area contributed by atoms with E-state index in [9.17, 15) is 29.4 Å². The molecule has 3 N–H and O–H groups in total. The number of carboxylic acids is 2. The summed E-state index contributed by atoms with van der Waals surface area (Å²) in [5.74, 6) is -4.13. The summed E-state index contributed by atoms with van der Waals surface area (Å²) in [6, 6.07) is 0. The quantitative estimate of drug-likeness (QED) is 0.0951. The number of carbonyl (C=O) groups is 4. The van der Waals surface area contributed by atoms with Gasteiger partial charge in [-0.2, -0.15) is 0 Å². The van der Waals surface area contributed by atoms with E-state index < -0.39 is 70.6 Å². The fourth-order valence-electron chi connectivity index (χ4n) is 11.5. The van der Waals surface area contributed by atoms with Crippen molar-refractivity contribution in [1.82, 2.24) is 0 Å². The molecule has 4 bridgehead atoms. The van der Waals surface area contributed by atoms with Crippen molar-refractivity contribution in [3.63, 3.8) is 0 Å². The summed E-state index contributed by atoms with van der Waals surface area (Å²) in [5, 5.41) is 32.0. The average Bonchev–Trinajstić information content (AvgIpc) is 3.72. The molecule has 4 aliphatic carbocycles. The van der Waals surface area contributed by atoms with Crippen molar-refractivity contribution in [1.29, 1.82) is 0 Å². The highest BCUT2D eigenvalue weighted by Gasteiger charge is 2.84. The number of esters is 1. The number of aliphatic hydroxyl groups is 1. The van der Waals surface area contributed by atoms with Crippen LogP contribution in [0.4, 0.5) is 0 Å². The zero-order valence-corrected chi connectivity index (χ0v) is 29.4. The Morgan fingerprint density at radius 3 is 2.45 bits per heavy atom. The zero-order chi connectivity index (χ0) is 35.5. The molecule has 0 aromatic carbocycles. The molecule has 0 aromatic heterocycles. The Morgan fingerprint density at radius 1 is 1.08 bits per heavy atom. The minimum Gasteiger partial charge on any atom is -0.481 e. The molecule has 4 unspecified atom stereocenters. The number of rotatable bonds is 15. The van der Waals surface area contributed by atoms with Crippen molar-refractivity contribution in [2.45, 2.75) is 135 Å². The van der Waals surface area contributed by atoms with Crippen LogP contribution in [0.25, 0.3) is 0 Å². The SMILES string of the molecule is COC1[C@@H](C)O[C@@H](OC[C@@]23CC4[C@H](C)CC[C@H]4[C@]4(C=O)C[C@H]2C=C(C(C)C)[C@@]34C(=O)O)[C@@H](O)C12OC(=O)C(CCCCCCCC(=O)O)O2. The molecule has 12 heteroatoms. The van der Waals surface area contributed by atoms with Gasteiger partial charge in [-0.25, -0.2) is 4.79 Å². The number of unbranched alkanes of at least 4 members (excludes halogenated alkanes) is 4. The lowest BCUT2D eigenvalue weighted by molar-refractivity contribution is -0.386. The van der Waals surface area contributed by atoms with Gasteiger partial charge in [0.25, 0.3) is 5.79 Å². The third-order valence-electron chi connectivity index (χ3n) is 13.4. The van der Waals surface area contributed by atoms with E-state index in [1.54, 1.807) is 6.92 Å². The maximum Gasteiger partial charge on any atom is 0.338 e. The molecule has 6 aliphatic rings. The van der Waals surface area contributed by atoms with Crippen molar-refractivity contribution < 1.29 is 58.2 Å². The number of allylic oxidation sites excluding steroid dienone is 1. The van der Waals surface area contributed by atoms with Gasteiger partial charge in [0.2, 0.25) is 0 Å². The van der Waals surface area contributed by atoms with Crippen LogP contribution in [0.1, 0.15) is 98.3 Å². The molecule has 49 heavy (non-hydrogen) atoms. The molecule has 3 saturated carbocycles. The number of aliphatic carboxylic acids is 2. The van der Waals surface area contributed by atoms with E-state index in [4.69, 9.17) is 28.8 Å². The van der Waals surface area contributed by atoms with E-state index in [0.717, 1.165) is 44.0 Å². The first-order valence-corrected chi connectivity index (χ1v) is 18.3. The highest BCUT2D eigenvalue weighted by Crippen LogP contribution is 2.82. The molecule has 0 radical (unpaired) electrons. The van der Waals surface area contributed by atoms with Crippen molar-refractivity contribution in [3.8, 4) is 0 Å². The molecule has 5 fully saturated rings. The van der Waals surface area contributed by atoms with Crippen LogP contribution >= 0.6 is 0 Å². The van der Waals surface area contributed by atoms with Crippen LogP contribution in [0, 0.1) is 45.8 Å². The molecule has 6 rings (SSSR count). The lowest BCUT2D eigenvalue weighted by Crippen LogP contribution is -2.68. The summed E-state index contributed by atoms with van der Waals surface area (Å²) >= 11 is 0. The van der Waals surface area contributed by atoms with Gasteiger partial charge in [-0.05, 0) is 68.6 Å². The van der Waals surface area contributed by atoms with Crippen LogP contribution in [-0.4, -0.2) is 89.7 Å². The van der Waals surface area contributed by atoms with Crippen LogP contribution in [0.5, 0.6) is 0 Å². The Morgan fingerprint density at radius 2 is 1.80 bits per heavy atom. The second-order valence-electron chi connectivity index (χ2n) is 16.1. The van der Waals surface area contributed by atoms with Gasteiger partial charge in [0.05, 0.1) is 18.1 Å². The Hall–Kier alpha value is -2.38. The maximum absolute atomic E-state index is 13.8. The van der Waals surface area contributed by atoms with Crippen molar-refractivity contribution in [3.05, 3.63) is 11.6 Å². The highest BCUT2D eigenvalue weighted by atomic mass is 16.8. The van der Waals surface area contributed by atoms with Crippen LogP contribution in [-0.2, 0) is 42.9 Å². The molecule has 0 amide bonds. The van der Waals surface area contributed by atoms with Crippen molar-refractivity contribution >= 4 is 24.2 Å². The Balaban J connectivity index is 1.23. The molecular formula is C37H54O12. The number of carboxylic acid groups (broad SMARTS) is 2. The summed E-state index contributed by atoms with van der Waals surface area (Å²) in [6.07, 6.45) is 4.42. The van der Waals surface area contributed by atoms with Gasteiger partial charge in [0, 0.05) is 18.9 Å². The predicted octanol–water partition coefficient (Wildman–Crippen LogP) is 4.50. The normalized spacial score (nSPS) is 45.1. The lowest BCUT2D eigenvalue weighted by Gasteiger charge is -2.58. The second-order valence-corrected chi connectivity index (χ2v) is 16.1. The first-order valence-electron chi connectivity index (χ1n) is 18.3. The van der Waals surface area contributed by atoms with Crippen LogP contribution in [0.15, 0.2) is 11.6 Å². The zero-order valence-electron chi connectivity index (χ0n) is 29.4. The number of carbonyl (C=O) groups excluding carboxylic acids is 2. The smallest absolute Gasteiger partial charge is 0.338 e. The van der Waals surface area contributed by atoms with Crippen LogP contribution in [0.2, 0.25) is 0 Å². The molecule has 2 heterocycles. The number of hydrogen-bond acceptors (Lipinski definition) is 10. The van der Waals surface area contributed by atoms with Gasteiger partial charge >= 0.3 is 17.9 Å². The predicted molar refractivity (Wildman–Crippen MR) is 173 cm³/mol. The van der Waals surface area contributed by atoms with Crippen LogP contribution in [0.3, 0.4) is 0 Å². The summed E-state index contributed by atoms with van der Waals surface area (Å²) in [4.78, 5) is 51.1. The Kier molecular flexibility index (Phi) is 9.89. The standard InChI is InChI=1S/C37H54O12/c1-20(2)26-15-23-16-34(18-38)25-14-13-21(3)24(25)17-35(23,36(26,34)33(43)44)19-46-32-29(41)37(30(45-5)22(4)47-32)48-27(31(42)49-37)11-9-7-6-8-10-12-28(39)40/h15,18,20-25,27,29-30,32,41H,6-14,16-17,19H2,1-5H3,(H,39,40)(H,43,44)/t21-,22-,23-,24?,25-,27?,29-,30?,32-,34-,35+,36+,37?/m1/s1. The monoisotopic (exact) mass is 690 g/mol. The summed E-state index contributed by atoms with van der Waals surface area (Å²) in [5.41, 5.74) is -2.64. The van der Waals surface area contributed by atoms with E-state index in [0.29, 0.717) is 38.0 Å². The van der Waals surface area contributed by atoms with Gasteiger partial charge < -0.3 is 43.8 Å². The third kappa shape index (κ3) is 5.17. The highest BCUT2D eigenvalue weighted by molar-refractivity contribution is 5.90. The fraction of sp³-hybridized carbons (Fsp3) is 0.838.